The second-order valence-electron chi connectivity index (χ2n) is 11.4. The van der Waals surface area contributed by atoms with E-state index in [0.29, 0.717) is 54.4 Å². The Morgan fingerprint density at radius 2 is 1.47 bits per heavy atom. The minimum Gasteiger partial charge on any atom is -0.478 e. The van der Waals surface area contributed by atoms with Crippen LogP contribution in [0.5, 0.6) is 0 Å². The number of nitrogens with one attached hydrogen (secondary N) is 1. The Kier molecular flexibility index (Phi) is 12.1. The molecule has 0 spiro atoms. The first-order valence-electron chi connectivity index (χ1n) is 14.5. The molecule has 1 aromatic heterocycles. The Hall–Kier alpha value is -5.06. The summed E-state index contributed by atoms with van der Waals surface area (Å²) >= 11 is 0. The number of amides is 1. The number of aromatic nitrogens is 2. The van der Waals surface area contributed by atoms with Crippen LogP contribution in [0.4, 0.5) is 36.7 Å². The lowest BCUT2D eigenvalue weighted by Gasteiger charge is -2.36. The van der Waals surface area contributed by atoms with Crippen LogP contribution in [-0.2, 0) is 28.5 Å². The van der Waals surface area contributed by atoms with E-state index in [0.717, 1.165) is 4.90 Å². The number of hydrogen-bond donors (Lipinski definition) is 3. The number of nitrogens with zero attached hydrogens (tertiary/aromatic N) is 4. The fourth-order valence-electron chi connectivity index (χ4n) is 5.07. The summed E-state index contributed by atoms with van der Waals surface area (Å²) in [7, 11) is 1.25. The zero-order chi connectivity index (χ0) is 36.8. The third-order valence-corrected chi connectivity index (χ3v) is 7.07. The van der Waals surface area contributed by atoms with Crippen LogP contribution in [0.2, 0.25) is 0 Å². The minimum atomic E-state index is -5.02. The van der Waals surface area contributed by atoms with Crippen molar-refractivity contribution in [2.45, 2.75) is 51.8 Å². The Morgan fingerprint density at radius 3 is 1.94 bits per heavy atom. The van der Waals surface area contributed by atoms with Gasteiger partial charge < -0.3 is 25.3 Å². The van der Waals surface area contributed by atoms with Gasteiger partial charge in [0.05, 0.1) is 22.4 Å². The van der Waals surface area contributed by atoms with Gasteiger partial charge in [0.25, 0.3) is 5.91 Å². The summed E-state index contributed by atoms with van der Waals surface area (Å²) in [5.41, 5.74) is -2.27. The first-order chi connectivity index (χ1) is 22.6. The molecule has 10 nitrogen and oxygen atoms in total. The summed E-state index contributed by atoms with van der Waals surface area (Å²) in [6.45, 7) is 6.24. The van der Waals surface area contributed by atoms with Crippen molar-refractivity contribution in [1.29, 1.82) is 0 Å². The first-order valence-corrected chi connectivity index (χ1v) is 14.5. The van der Waals surface area contributed by atoms with Crippen LogP contribution in [0.15, 0.2) is 54.7 Å². The standard InChI is InChI=1S/C28H28F7N5O.C4H4O4/c1-15-7-21(29)5-6-22(15)24-23(11-36-26(38-24)40-12-16(2)37-17(3)13-40)25(41)39(4)14-18-8-19(27(30,31)32)10-20(9-18)28(33,34)35;5-3(6)1-2-4(7)8/h5-11,16-17,37H,12-14H2,1-4H3;1-2H,(H,5,6)(H,7,8)/b;2-1+/t16-,17+;. The number of alkyl halides is 6. The lowest BCUT2D eigenvalue weighted by molar-refractivity contribution is -0.143. The first kappa shape index (κ1) is 38.4. The number of carboxylic acids is 2. The number of piperazine rings is 1. The van der Waals surface area contributed by atoms with Gasteiger partial charge in [0.1, 0.15) is 5.82 Å². The predicted molar refractivity (Wildman–Crippen MR) is 163 cm³/mol. The molecule has 2 heterocycles. The van der Waals surface area contributed by atoms with E-state index < -0.39 is 53.7 Å². The molecule has 0 unspecified atom stereocenters. The summed E-state index contributed by atoms with van der Waals surface area (Å²) in [6.07, 6.45) is -7.64. The molecular weight excluding hydrogens is 667 g/mol. The summed E-state index contributed by atoms with van der Waals surface area (Å²) in [5, 5.41) is 19.0. The normalized spacial score (nSPS) is 16.6. The molecule has 2 aromatic carbocycles. The molecule has 49 heavy (non-hydrogen) atoms. The van der Waals surface area contributed by atoms with Gasteiger partial charge in [-0.15, -0.1) is 0 Å². The minimum absolute atomic E-state index is 0.0329. The topological polar surface area (TPSA) is 136 Å². The van der Waals surface area contributed by atoms with Gasteiger partial charge in [0.2, 0.25) is 5.95 Å². The molecule has 2 atom stereocenters. The van der Waals surface area contributed by atoms with E-state index in [-0.39, 0.29) is 35.0 Å². The lowest BCUT2D eigenvalue weighted by atomic mass is 10.0. The number of carbonyl (C=O) groups excluding carboxylic acids is 1. The van der Waals surface area contributed by atoms with Crippen molar-refractivity contribution in [3.63, 3.8) is 0 Å². The van der Waals surface area contributed by atoms with E-state index in [1.54, 1.807) is 6.92 Å². The number of anilines is 1. The molecule has 0 aliphatic carbocycles. The molecule has 3 aromatic rings. The van der Waals surface area contributed by atoms with Gasteiger partial charge in [0.15, 0.2) is 0 Å². The van der Waals surface area contributed by atoms with E-state index in [4.69, 9.17) is 10.2 Å². The summed E-state index contributed by atoms with van der Waals surface area (Å²) < 4.78 is 94.0. The van der Waals surface area contributed by atoms with Gasteiger partial charge in [-0.1, -0.05) is 0 Å². The molecule has 1 aliphatic rings. The van der Waals surface area contributed by atoms with Crippen LogP contribution in [0.1, 0.15) is 46.5 Å². The SMILES string of the molecule is Cc1cc(F)ccc1-c1nc(N2C[C@@H](C)N[C@@H](C)C2)ncc1C(=O)N(C)Cc1cc(C(F)(F)F)cc(C(F)(F)F)c1.O=C(O)/C=C/C(=O)O. The quantitative estimate of drug-likeness (QED) is 0.207. The van der Waals surface area contributed by atoms with Gasteiger partial charge in [0, 0.05) is 62.7 Å². The third kappa shape index (κ3) is 10.7. The van der Waals surface area contributed by atoms with E-state index in [1.807, 2.05) is 18.7 Å². The molecule has 1 fully saturated rings. The summed E-state index contributed by atoms with van der Waals surface area (Å²) in [6, 6.07) is 5.38. The maximum absolute atomic E-state index is 13.9. The number of aryl methyl sites for hydroxylation is 1. The van der Waals surface area contributed by atoms with Crippen LogP contribution in [0.3, 0.4) is 0 Å². The van der Waals surface area contributed by atoms with Gasteiger partial charge in [-0.3, -0.25) is 4.79 Å². The largest absolute Gasteiger partial charge is 0.478 e. The number of carbonyl (C=O) groups is 3. The Labute approximate surface area is 275 Å². The molecule has 1 aliphatic heterocycles. The van der Waals surface area contributed by atoms with Crippen LogP contribution in [0.25, 0.3) is 11.3 Å². The van der Waals surface area contributed by atoms with Crippen LogP contribution in [-0.4, -0.2) is 75.1 Å². The highest BCUT2D eigenvalue weighted by atomic mass is 19.4. The van der Waals surface area contributed by atoms with Crippen molar-refractivity contribution in [2.24, 2.45) is 0 Å². The maximum Gasteiger partial charge on any atom is 0.416 e. The number of aliphatic carboxylic acids is 2. The lowest BCUT2D eigenvalue weighted by Crippen LogP contribution is -2.54. The highest BCUT2D eigenvalue weighted by molar-refractivity contribution is 6.00. The fraction of sp³-hybridized carbons (Fsp3) is 0.344. The van der Waals surface area contributed by atoms with Crippen LogP contribution < -0.4 is 10.2 Å². The van der Waals surface area contributed by atoms with E-state index >= 15 is 0 Å². The van der Waals surface area contributed by atoms with Crippen LogP contribution >= 0.6 is 0 Å². The fourth-order valence-corrected chi connectivity index (χ4v) is 5.07. The maximum atomic E-state index is 13.9. The predicted octanol–water partition coefficient (Wildman–Crippen LogP) is 5.80. The summed E-state index contributed by atoms with van der Waals surface area (Å²) in [4.78, 5) is 44.6. The van der Waals surface area contributed by atoms with Crippen molar-refractivity contribution in [1.82, 2.24) is 20.2 Å². The Morgan fingerprint density at radius 1 is 0.939 bits per heavy atom. The van der Waals surface area contributed by atoms with Gasteiger partial charge in [-0.05, 0) is 68.3 Å². The highest BCUT2D eigenvalue weighted by Gasteiger charge is 2.37. The van der Waals surface area contributed by atoms with E-state index in [2.05, 4.69) is 15.3 Å². The van der Waals surface area contributed by atoms with E-state index in [1.165, 1.54) is 31.4 Å². The third-order valence-electron chi connectivity index (χ3n) is 7.07. The van der Waals surface area contributed by atoms with Gasteiger partial charge in [-0.2, -0.15) is 26.3 Å². The number of halogens is 7. The Balaban J connectivity index is 0.000000723. The Bertz CT molecular complexity index is 1670. The molecule has 17 heteroatoms. The number of rotatable bonds is 7. The molecule has 0 saturated carbocycles. The zero-order valence-electron chi connectivity index (χ0n) is 26.5. The van der Waals surface area contributed by atoms with E-state index in [9.17, 15) is 45.1 Å². The highest BCUT2D eigenvalue weighted by Crippen LogP contribution is 2.37. The van der Waals surface area contributed by atoms with Crippen molar-refractivity contribution < 1.29 is 55.3 Å². The average molecular weight is 700 g/mol. The average Bonchev–Trinajstić information content (AvgIpc) is 2.98. The van der Waals surface area contributed by atoms with Crippen LogP contribution in [0, 0.1) is 12.7 Å². The van der Waals surface area contributed by atoms with Crippen molar-refractivity contribution in [3.8, 4) is 11.3 Å². The zero-order valence-corrected chi connectivity index (χ0v) is 26.5. The summed E-state index contributed by atoms with van der Waals surface area (Å²) in [5.74, 6) is -3.42. The molecular formula is C32H32F7N5O5. The number of carboxylic acid groups (broad SMARTS) is 2. The monoisotopic (exact) mass is 699 g/mol. The molecule has 0 bridgehead atoms. The second kappa shape index (κ2) is 15.4. The van der Waals surface area contributed by atoms with Gasteiger partial charge in [-0.25, -0.2) is 23.9 Å². The molecule has 1 saturated heterocycles. The smallest absolute Gasteiger partial charge is 0.416 e. The van der Waals surface area contributed by atoms with Gasteiger partial charge >= 0.3 is 24.3 Å². The van der Waals surface area contributed by atoms with Crippen molar-refractivity contribution in [3.05, 3.63) is 88.4 Å². The molecule has 3 N–H and O–H groups in total. The number of hydrogen-bond acceptors (Lipinski definition) is 7. The molecule has 0 radical (unpaired) electrons. The van der Waals surface area contributed by atoms with Crippen molar-refractivity contribution >= 4 is 23.8 Å². The number of benzene rings is 2. The van der Waals surface area contributed by atoms with Crippen molar-refractivity contribution in [2.75, 3.05) is 25.0 Å². The molecule has 264 valence electrons. The molecule has 4 rings (SSSR count). The molecule has 1 amide bonds. The second-order valence-corrected chi connectivity index (χ2v) is 11.4.